The molecule has 0 saturated heterocycles. The topological polar surface area (TPSA) is 148 Å². The van der Waals surface area contributed by atoms with Crippen LogP contribution < -0.4 is 5.56 Å². The second-order valence-corrected chi connectivity index (χ2v) is 7.47. The summed E-state index contributed by atoms with van der Waals surface area (Å²) in [5.41, 5.74) is -0.582. The Labute approximate surface area is 200 Å². The quantitative estimate of drug-likeness (QED) is 0.191. The van der Waals surface area contributed by atoms with Crippen molar-refractivity contribution in [3.8, 4) is 17.4 Å². The molecule has 10 heteroatoms. The first-order valence-electron chi connectivity index (χ1n) is 10.8. The summed E-state index contributed by atoms with van der Waals surface area (Å²) in [5, 5.41) is 20.9. The number of carbonyl (C=O) groups is 1. The molecular formula is C25H23N3O7. The van der Waals surface area contributed by atoms with Crippen LogP contribution in [0.2, 0.25) is 0 Å². The molecule has 2 heterocycles. The molecular weight excluding hydrogens is 454 g/mol. The van der Waals surface area contributed by atoms with E-state index < -0.39 is 16.2 Å². The van der Waals surface area contributed by atoms with Gasteiger partial charge in [-0.3, -0.25) is 14.9 Å². The average molecular weight is 477 g/mol. The first-order chi connectivity index (χ1) is 16.9. The van der Waals surface area contributed by atoms with Crippen LogP contribution in [0.15, 0.2) is 45.6 Å². The summed E-state index contributed by atoms with van der Waals surface area (Å²) in [4.78, 5) is 37.7. The third-order valence-electron chi connectivity index (χ3n) is 5.08. The molecule has 0 amide bonds. The van der Waals surface area contributed by atoms with Gasteiger partial charge < -0.3 is 18.9 Å². The molecule has 0 aliphatic carbocycles. The molecule has 0 fully saturated rings. The van der Waals surface area contributed by atoms with Crippen molar-refractivity contribution >= 4 is 23.8 Å². The van der Waals surface area contributed by atoms with Crippen molar-refractivity contribution in [1.29, 1.82) is 5.26 Å². The molecule has 0 bridgehead atoms. The summed E-state index contributed by atoms with van der Waals surface area (Å²) in [5.74, 6) is 0.494. The number of aromatic nitrogens is 1. The van der Waals surface area contributed by atoms with Gasteiger partial charge in [0, 0.05) is 12.7 Å². The molecule has 10 nitrogen and oxygen atoms in total. The van der Waals surface area contributed by atoms with Crippen LogP contribution in [0.25, 0.3) is 23.5 Å². The number of ether oxygens (including phenoxy) is 2. The van der Waals surface area contributed by atoms with Crippen LogP contribution in [0.5, 0.6) is 0 Å². The monoisotopic (exact) mass is 477 g/mol. The fourth-order valence-corrected chi connectivity index (χ4v) is 3.32. The van der Waals surface area contributed by atoms with Gasteiger partial charge in [-0.2, -0.15) is 5.26 Å². The highest BCUT2D eigenvalue weighted by molar-refractivity contribution is 5.90. The van der Waals surface area contributed by atoms with Crippen LogP contribution in [0.3, 0.4) is 0 Å². The van der Waals surface area contributed by atoms with Crippen LogP contribution in [-0.4, -0.2) is 29.6 Å². The minimum absolute atomic E-state index is 0.0880. The molecule has 1 N–H and O–H groups in total. The van der Waals surface area contributed by atoms with E-state index >= 15 is 0 Å². The number of hydrogen-bond donors (Lipinski definition) is 1. The second kappa shape index (κ2) is 11.6. The van der Waals surface area contributed by atoms with Gasteiger partial charge in [-0.25, -0.2) is 4.79 Å². The van der Waals surface area contributed by atoms with Crippen molar-refractivity contribution in [2.24, 2.45) is 0 Å². The van der Waals surface area contributed by atoms with E-state index in [0.717, 1.165) is 18.4 Å². The summed E-state index contributed by atoms with van der Waals surface area (Å²) >= 11 is 0. The number of hydrogen-bond acceptors (Lipinski definition) is 8. The lowest BCUT2D eigenvalue weighted by atomic mass is 10.1. The van der Waals surface area contributed by atoms with Gasteiger partial charge in [0.25, 0.3) is 11.2 Å². The smallest absolute Gasteiger partial charge is 0.338 e. The molecule has 0 atom stereocenters. The standard InChI is InChI=1S/C25H23N3O7/c1-3-4-13-34-25(30)17-7-5-16(6-8-17)22-12-10-18(35-22)9-11-21-23(28(31)32)20(15-33-2)19(14-26)24(29)27-21/h5-12H,3-4,13,15H2,1-2H3,(H,27,29). The molecule has 0 unspecified atom stereocenters. The van der Waals surface area contributed by atoms with Crippen molar-refractivity contribution < 1.29 is 23.6 Å². The number of carbonyl (C=O) groups excluding carboxylic acids is 1. The molecule has 3 aromatic rings. The maximum Gasteiger partial charge on any atom is 0.338 e. The van der Waals surface area contributed by atoms with E-state index in [-0.39, 0.29) is 29.4 Å². The Morgan fingerprint density at radius 1 is 1.23 bits per heavy atom. The number of esters is 1. The van der Waals surface area contributed by atoms with Crippen LogP contribution in [0, 0.1) is 21.4 Å². The Morgan fingerprint density at radius 3 is 2.60 bits per heavy atom. The minimum atomic E-state index is -0.752. The predicted molar refractivity (Wildman–Crippen MR) is 127 cm³/mol. The molecule has 1 aromatic carbocycles. The number of nitrogens with one attached hydrogen (secondary N) is 1. The van der Waals surface area contributed by atoms with Gasteiger partial charge >= 0.3 is 5.97 Å². The number of H-pyrrole nitrogens is 1. The molecule has 0 aliphatic rings. The Bertz CT molecular complexity index is 1340. The zero-order valence-electron chi connectivity index (χ0n) is 19.2. The number of unbranched alkanes of at least 4 members (excludes halogenated alkanes) is 1. The first-order valence-corrected chi connectivity index (χ1v) is 10.8. The summed E-state index contributed by atoms with van der Waals surface area (Å²) in [6, 6.07) is 11.8. The summed E-state index contributed by atoms with van der Waals surface area (Å²) in [6.45, 7) is 2.12. The van der Waals surface area contributed by atoms with E-state index in [0.29, 0.717) is 23.7 Å². The number of pyridine rings is 1. The van der Waals surface area contributed by atoms with E-state index in [1.807, 2.05) is 6.92 Å². The maximum absolute atomic E-state index is 12.2. The number of nitro groups is 1. The molecule has 0 spiro atoms. The lowest BCUT2D eigenvalue weighted by Gasteiger charge is -2.06. The fourth-order valence-electron chi connectivity index (χ4n) is 3.32. The lowest BCUT2D eigenvalue weighted by molar-refractivity contribution is -0.386. The summed E-state index contributed by atoms with van der Waals surface area (Å²) < 4.78 is 15.9. The van der Waals surface area contributed by atoms with Gasteiger partial charge in [0.15, 0.2) is 0 Å². The van der Waals surface area contributed by atoms with Crippen molar-refractivity contribution in [2.45, 2.75) is 26.4 Å². The van der Waals surface area contributed by atoms with Crippen molar-refractivity contribution in [3.63, 3.8) is 0 Å². The number of methoxy groups -OCH3 is 1. The third kappa shape index (κ3) is 5.90. The molecule has 35 heavy (non-hydrogen) atoms. The van der Waals surface area contributed by atoms with E-state index in [2.05, 4.69) is 4.98 Å². The Morgan fingerprint density at radius 2 is 1.97 bits per heavy atom. The van der Waals surface area contributed by atoms with Gasteiger partial charge in [-0.1, -0.05) is 25.5 Å². The van der Waals surface area contributed by atoms with E-state index in [1.165, 1.54) is 19.3 Å². The van der Waals surface area contributed by atoms with Crippen molar-refractivity contribution in [1.82, 2.24) is 4.98 Å². The zero-order valence-corrected chi connectivity index (χ0v) is 19.2. The number of nitrogens with zero attached hydrogens (tertiary/aromatic N) is 2. The van der Waals surface area contributed by atoms with Crippen molar-refractivity contribution in [2.75, 3.05) is 13.7 Å². The van der Waals surface area contributed by atoms with Crippen LogP contribution >= 0.6 is 0 Å². The van der Waals surface area contributed by atoms with Crippen LogP contribution in [0.1, 0.15) is 52.7 Å². The van der Waals surface area contributed by atoms with E-state index in [9.17, 15) is 25.0 Å². The Kier molecular flexibility index (Phi) is 8.32. The van der Waals surface area contributed by atoms with Gasteiger partial charge in [-0.05, 0) is 42.8 Å². The largest absolute Gasteiger partial charge is 0.462 e. The average Bonchev–Trinajstić information content (AvgIpc) is 3.32. The van der Waals surface area contributed by atoms with E-state index in [4.69, 9.17) is 13.9 Å². The highest BCUT2D eigenvalue weighted by atomic mass is 16.6. The highest BCUT2D eigenvalue weighted by Crippen LogP contribution is 2.27. The summed E-state index contributed by atoms with van der Waals surface area (Å²) in [6.07, 6.45) is 4.53. The Balaban J connectivity index is 1.84. The van der Waals surface area contributed by atoms with E-state index in [1.54, 1.807) is 42.5 Å². The molecule has 0 saturated carbocycles. The summed E-state index contributed by atoms with van der Waals surface area (Å²) in [7, 11) is 1.31. The molecule has 0 aliphatic heterocycles. The number of benzene rings is 1. The van der Waals surface area contributed by atoms with Gasteiger partial charge in [0.05, 0.1) is 29.3 Å². The van der Waals surface area contributed by atoms with Gasteiger partial charge in [0.1, 0.15) is 28.8 Å². The SMILES string of the molecule is CCCCOC(=O)c1ccc(-c2ccc(C=Cc3[nH]c(=O)c(C#N)c(COC)c3[N+](=O)[O-])o2)cc1. The maximum atomic E-state index is 12.2. The third-order valence-corrected chi connectivity index (χ3v) is 5.08. The predicted octanol–water partition coefficient (Wildman–Crippen LogP) is 4.69. The highest BCUT2D eigenvalue weighted by Gasteiger charge is 2.25. The second-order valence-electron chi connectivity index (χ2n) is 7.47. The number of nitriles is 1. The molecule has 2 aromatic heterocycles. The van der Waals surface area contributed by atoms with Gasteiger partial charge in [0.2, 0.25) is 0 Å². The number of rotatable bonds is 10. The molecule has 0 radical (unpaired) electrons. The zero-order chi connectivity index (χ0) is 25.4. The fraction of sp³-hybridized carbons (Fsp3) is 0.240. The lowest BCUT2D eigenvalue weighted by Crippen LogP contribution is -2.18. The molecule has 180 valence electrons. The number of aromatic amines is 1. The normalized spacial score (nSPS) is 10.9. The number of furan rings is 1. The molecule has 3 rings (SSSR count). The minimum Gasteiger partial charge on any atom is -0.462 e. The van der Waals surface area contributed by atoms with Crippen LogP contribution in [0.4, 0.5) is 5.69 Å². The Hall–Kier alpha value is -4.49. The van der Waals surface area contributed by atoms with Crippen molar-refractivity contribution in [3.05, 3.63) is 85.0 Å². The first kappa shape index (κ1) is 25.1. The van der Waals surface area contributed by atoms with Crippen LogP contribution in [-0.2, 0) is 16.1 Å². The van der Waals surface area contributed by atoms with Gasteiger partial charge in [-0.15, -0.1) is 0 Å².